The van der Waals surface area contributed by atoms with E-state index >= 15 is 0 Å². The average Bonchev–Trinajstić information content (AvgIpc) is 2.35. The predicted molar refractivity (Wildman–Crippen MR) is 80.1 cm³/mol. The number of hydrogen-bond acceptors (Lipinski definition) is 4. The van der Waals surface area contributed by atoms with E-state index in [0.717, 1.165) is 5.56 Å². The van der Waals surface area contributed by atoms with Gasteiger partial charge < -0.3 is 5.32 Å². The molecule has 0 atom stereocenters. The van der Waals surface area contributed by atoms with Crippen LogP contribution in [0.25, 0.3) is 0 Å². The highest BCUT2D eigenvalue weighted by Gasteiger charge is 2.25. The molecule has 0 saturated heterocycles. The van der Waals surface area contributed by atoms with Gasteiger partial charge in [-0.2, -0.15) is 8.42 Å². The Bertz CT molecular complexity index is 670. The molecule has 1 aromatic rings. The maximum absolute atomic E-state index is 12.1. The van der Waals surface area contributed by atoms with Crippen LogP contribution in [-0.4, -0.2) is 19.3 Å². The number of nitrogens with zero attached hydrogens (tertiary/aromatic N) is 1. The molecule has 0 bridgehead atoms. The zero-order valence-electron chi connectivity index (χ0n) is 10.7. The van der Waals surface area contributed by atoms with E-state index in [1.54, 1.807) is 12.1 Å². The van der Waals surface area contributed by atoms with Crippen LogP contribution in [0.3, 0.4) is 0 Å². The number of thioether (sulfide) groups is 1. The number of fused-ring (bicyclic) bond motifs is 1. The molecule has 1 aromatic carbocycles. The first kappa shape index (κ1) is 14.0. The first-order chi connectivity index (χ1) is 8.94. The van der Waals surface area contributed by atoms with E-state index in [1.165, 1.54) is 11.8 Å². The monoisotopic (exact) mass is 294 g/mol. The van der Waals surface area contributed by atoms with Crippen molar-refractivity contribution >= 4 is 32.6 Å². The molecular formula is C13H14N2O2S2. The third-order valence-corrected chi connectivity index (χ3v) is 4.90. The van der Waals surface area contributed by atoms with Crippen molar-refractivity contribution in [1.29, 1.82) is 0 Å². The Balaban J connectivity index is 2.43. The zero-order valence-corrected chi connectivity index (χ0v) is 12.3. The Morgan fingerprint density at radius 2 is 2.21 bits per heavy atom. The molecular weight excluding hydrogens is 280 g/mol. The summed E-state index contributed by atoms with van der Waals surface area (Å²) in [5, 5.41) is 3.31. The number of sulfonamides is 1. The summed E-state index contributed by atoms with van der Waals surface area (Å²) in [6.45, 7) is 4.03. The molecule has 1 aliphatic rings. The van der Waals surface area contributed by atoms with Crippen LogP contribution in [0.1, 0.15) is 25.3 Å². The topological polar surface area (TPSA) is 58.5 Å². The normalized spacial score (nSPS) is 16.2. The number of hydrogen-bond donors (Lipinski definition) is 1. The highest BCUT2D eigenvalue weighted by atomic mass is 32.2. The highest BCUT2D eigenvalue weighted by Crippen LogP contribution is 2.32. The van der Waals surface area contributed by atoms with E-state index in [1.807, 2.05) is 19.9 Å². The first-order valence-corrected chi connectivity index (χ1v) is 8.19. The standard InChI is InChI=1S/C13H14N2O2S2/c1-4-7-18-13-14-11-6-5-10(9(2)3)8-12(11)19(16,17)15-13/h1,5-6,8-9H,7H2,2-3H3,(H,14,15). The van der Waals surface area contributed by atoms with Crippen molar-refractivity contribution in [2.45, 2.75) is 24.7 Å². The first-order valence-electron chi connectivity index (χ1n) is 5.76. The Morgan fingerprint density at radius 3 is 2.84 bits per heavy atom. The van der Waals surface area contributed by atoms with Gasteiger partial charge in [-0.25, -0.2) is 0 Å². The van der Waals surface area contributed by atoms with Crippen LogP contribution >= 0.6 is 11.8 Å². The lowest BCUT2D eigenvalue weighted by atomic mass is 10.0. The van der Waals surface area contributed by atoms with Gasteiger partial charge in [0.25, 0.3) is 10.0 Å². The minimum Gasteiger partial charge on any atom is -0.333 e. The fraction of sp³-hybridized carbons (Fsp3) is 0.308. The number of benzene rings is 1. The number of nitrogens with one attached hydrogen (secondary N) is 1. The van der Waals surface area contributed by atoms with Crippen LogP contribution in [0.4, 0.5) is 5.69 Å². The molecule has 2 rings (SSSR count). The van der Waals surface area contributed by atoms with Gasteiger partial charge in [0, 0.05) is 0 Å². The third kappa shape index (κ3) is 2.94. The van der Waals surface area contributed by atoms with E-state index in [2.05, 4.69) is 15.6 Å². The van der Waals surface area contributed by atoms with Gasteiger partial charge in [0.05, 0.1) is 11.4 Å². The second-order valence-corrected chi connectivity index (χ2v) is 6.94. The molecule has 1 heterocycles. The molecule has 0 aromatic heterocycles. The van der Waals surface area contributed by atoms with Crippen LogP contribution < -0.4 is 5.32 Å². The van der Waals surface area contributed by atoms with Gasteiger partial charge in [-0.15, -0.1) is 10.8 Å². The van der Waals surface area contributed by atoms with E-state index in [9.17, 15) is 8.42 Å². The summed E-state index contributed by atoms with van der Waals surface area (Å²) in [6.07, 6.45) is 5.16. The maximum Gasteiger partial charge on any atom is 0.286 e. The van der Waals surface area contributed by atoms with Gasteiger partial charge in [-0.1, -0.05) is 37.6 Å². The SMILES string of the molecule is C#CCSC1=NS(=O)(=O)c2cc(C(C)C)ccc2N1. The molecule has 1 aliphatic heterocycles. The van der Waals surface area contributed by atoms with Crippen molar-refractivity contribution in [3.8, 4) is 12.3 Å². The lowest BCUT2D eigenvalue weighted by Crippen LogP contribution is -2.19. The maximum atomic E-state index is 12.1. The molecule has 6 heteroatoms. The summed E-state index contributed by atoms with van der Waals surface area (Å²) in [6, 6.07) is 5.36. The minimum atomic E-state index is -3.64. The summed E-state index contributed by atoms with van der Waals surface area (Å²) in [5.41, 5.74) is 1.53. The Hall–Kier alpha value is -1.45. The summed E-state index contributed by atoms with van der Waals surface area (Å²) in [7, 11) is -3.64. The number of rotatable bonds is 2. The molecule has 0 radical (unpaired) electrons. The average molecular weight is 294 g/mol. The van der Waals surface area contributed by atoms with Crippen LogP contribution in [0.15, 0.2) is 27.5 Å². The van der Waals surface area contributed by atoms with E-state index in [-0.39, 0.29) is 10.8 Å². The quantitative estimate of drug-likeness (QED) is 0.852. The second kappa shape index (κ2) is 5.27. The van der Waals surface area contributed by atoms with Gasteiger partial charge in [0.15, 0.2) is 5.17 Å². The smallest absolute Gasteiger partial charge is 0.286 e. The zero-order chi connectivity index (χ0) is 14.0. The summed E-state index contributed by atoms with van der Waals surface area (Å²) in [5.74, 6) is 3.08. The molecule has 0 fully saturated rings. The van der Waals surface area contributed by atoms with Gasteiger partial charge >= 0.3 is 0 Å². The second-order valence-electron chi connectivity index (χ2n) is 4.40. The van der Waals surface area contributed by atoms with Crippen molar-refractivity contribution in [2.75, 3.05) is 11.1 Å². The van der Waals surface area contributed by atoms with E-state index in [4.69, 9.17) is 6.42 Å². The molecule has 0 aliphatic carbocycles. The number of terminal acetylenes is 1. The summed E-state index contributed by atoms with van der Waals surface area (Å²) >= 11 is 1.20. The van der Waals surface area contributed by atoms with Crippen molar-refractivity contribution < 1.29 is 8.42 Å². The highest BCUT2D eigenvalue weighted by molar-refractivity contribution is 8.15. The molecule has 0 saturated carbocycles. The van der Waals surface area contributed by atoms with E-state index < -0.39 is 10.0 Å². The number of anilines is 1. The van der Waals surface area contributed by atoms with Gasteiger partial charge in [-0.3, -0.25) is 0 Å². The molecule has 19 heavy (non-hydrogen) atoms. The predicted octanol–water partition coefficient (Wildman–Crippen LogP) is 2.65. The van der Waals surface area contributed by atoms with Crippen molar-refractivity contribution in [3.63, 3.8) is 0 Å². The molecule has 0 unspecified atom stereocenters. The van der Waals surface area contributed by atoms with E-state index in [0.29, 0.717) is 16.6 Å². The molecule has 100 valence electrons. The van der Waals surface area contributed by atoms with Crippen molar-refractivity contribution in [2.24, 2.45) is 4.40 Å². The van der Waals surface area contributed by atoms with Gasteiger partial charge in [0.2, 0.25) is 0 Å². The lowest BCUT2D eigenvalue weighted by Gasteiger charge is -2.18. The molecule has 0 amide bonds. The number of amidine groups is 1. The Labute approximate surface area is 117 Å². The van der Waals surface area contributed by atoms with Gasteiger partial charge in [0.1, 0.15) is 4.90 Å². The molecule has 1 N–H and O–H groups in total. The van der Waals surface area contributed by atoms with Crippen LogP contribution in [0.5, 0.6) is 0 Å². The molecule has 0 spiro atoms. The lowest BCUT2D eigenvalue weighted by molar-refractivity contribution is 0.597. The van der Waals surface area contributed by atoms with Crippen LogP contribution in [0, 0.1) is 12.3 Å². The largest absolute Gasteiger partial charge is 0.333 e. The third-order valence-electron chi connectivity index (χ3n) is 2.69. The Kier molecular flexibility index (Phi) is 3.88. The van der Waals surface area contributed by atoms with Crippen LogP contribution in [0.2, 0.25) is 0 Å². The van der Waals surface area contributed by atoms with Gasteiger partial charge in [-0.05, 0) is 23.6 Å². The Morgan fingerprint density at radius 1 is 1.47 bits per heavy atom. The summed E-state index contributed by atoms with van der Waals surface area (Å²) < 4.78 is 28.0. The fourth-order valence-electron chi connectivity index (χ4n) is 1.68. The fourth-order valence-corrected chi connectivity index (χ4v) is 3.64. The summed E-state index contributed by atoms with van der Waals surface area (Å²) in [4.78, 5) is 0.226. The molecule has 4 nitrogen and oxygen atoms in total. The van der Waals surface area contributed by atoms with Crippen molar-refractivity contribution in [1.82, 2.24) is 0 Å². The van der Waals surface area contributed by atoms with Crippen molar-refractivity contribution in [3.05, 3.63) is 23.8 Å². The van der Waals surface area contributed by atoms with Crippen LogP contribution in [-0.2, 0) is 10.0 Å². The minimum absolute atomic E-state index is 0.226.